The van der Waals surface area contributed by atoms with E-state index in [1.807, 2.05) is 0 Å². The van der Waals surface area contributed by atoms with Crippen molar-refractivity contribution in [1.82, 2.24) is 4.98 Å². The van der Waals surface area contributed by atoms with Crippen molar-refractivity contribution in [3.63, 3.8) is 0 Å². The highest BCUT2D eigenvalue weighted by Crippen LogP contribution is 2.16. The third-order valence-electron chi connectivity index (χ3n) is 3.85. The molecular weight excluding hydrogens is 359 g/mol. The molecule has 0 radical (unpaired) electrons. The van der Waals surface area contributed by atoms with Crippen LogP contribution in [0.3, 0.4) is 0 Å². The molecule has 3 N–H and O–H groups in total. The Labute approximate surface area is 161 Å². The molecule has 0 unspecified atom stereocenters. The molecule has 1 heterocycles. The summed E-state index contributed by atoms with van der Waals surface area (Å²) < 4.78 is 12.9. The van der Waals surface area contributed by atoms with Crippen LogP contribution in [0, 0.1) is 5.82 Å². The molecule has 28 heavy (non-hydrogen) atoms. The van der Waals surface area contributed by atoms with E-state index in [1.54, 1.807) is 48.5 Å². The molecule has 0 aliphatic rings. The van der Waals surface area contributed by atoms with Gasteiger partial charge >= 0.3 is 0 Å². The Morgan fingerprint density at radius 3 is 2.32 bits per heavy atom. The predicted octanol–water partition coefficient (Wildman–Crippen LogP) is 4.04. The molecule has 3 rings (SSSR count). The summed E-state index contributed by atoms with van der Waals surface area (Å²) >= 11 is 0. The van der Waals surface area contributed by atoms with Crippen molar-refractivity contribution in [2.45, 2.75) is 13.5 Å². The number of nitrogens with zero attached hydrogens (tertiary/aromatic N) is 1. The van der Waals surface area contributed by atoms with Gasteiger partial charge in [0.15, 0.2) is 0 Å². The molecule has 0 bridgehead atoms. The number of hydrogen-bond donors (Lipinski definition) is 3. The summed E-state index contributed by atoms with van der Waals surface area (Å²) in [6, 6.07) is 16.4. The minimum absolute atomic E-state index is 0.184. The number of hydrogen-bond acceptors (Lipinski definition) is 4. The van der Waals surface area contributed by atoms with E-state index in [0.29, 0.717) is 29.3 Å². The van der Waals surface area contributed by atoms with Gasteiger partial charge in [-0.3, -0.25) is 9.59 Å². The average molecular weight is 378 g/mol. The molecule has 142 valence electrons. The van der Waals surface area contributed by atoms with E-state index in [0.717, 1.165) is 5.56 Å². The Bertz CT molecular complexity index is 972. The second kappa shape index (κ2) is 8.77. The van der Waals surface area contributed by atoms with Crippen LogP contribution in [-0.4, -0.2) is 16.8 Å². The van der Waals surface area contributed by atoms with Crippen LogP contribution in [-0.2, 0) is 11.3 Å². The SMILES string of the molecule is CC(=O)Nc1cccc(NC(=O)c2ccc(NCc3ccc(F)cc3)nc2)c1. The van der Waals surface area contributed by atoms with Crippen LogP contribution in [0.2, 0.25) is 0 Å². The summed E-state index contributed by atoms with van der Waals surface area (Å²) in [5.41, 5.74) is 2.49. The Hall–Kier alpha value is -3.74. The van der Waals surface area contributed by atoms with Crippen molar-refractivity contribution in [2.75, 3.05) is 16.0 Å². The standard InChI is InChI=1S/C21H19FN4O2/c1-14(27)25-18-3-2-4-19(11-18)26-21(28)16-7-10-20(24-13-16)23-12-15-5-8-17(22)9-6-15/h2-11,13H,12H2,1H3,(H,23,24)(H,25,27)(H,26,28). The maximum Gasteiger partial charge on any atom is 0.257 e. The highest BCUT2D eigenvalue weighted by molar-refractivity contribution is 6.04. The first-order valence-electron chi connectivity index (χ1n) is 8.63. The van der Waals surface area contributed by atoms with E-state index in [4.69, 9.17) is 0 Å². The highest BCUT2D eigenvalue weighted by Gasteiger charge is 2.08. The first kappa shape index (κ1) is 19.0. The number of carbonyl (C=O) groups is 2. The van der Waals surface area contributed by atoms with E-state index in [1.165, 1.54) is 25.3 Å². The molecule has 3 aromatic rings. The lowest BCUT2D eigenvalue weighted by Crippen LogP contribution is -2.13. The molecule has 0 aliphatic carbocycles. The zero-order valence-electron chi connectivity index (χ0n) is 15.2. The van der Waals surface area contributed by atoms with Gasteiger partial charge in [-0.15, -0.1) is 0 Å². The summed E-state index contributed by atoms with van der Waals surface area (Å²) in [5.74, 6) is -0.164. The Morgan fingerprint density at radius 2 is 1.68 bits per heavy atom. The molecule has 1 aromatic heterocycles. The normalized spacial score (nSPS) is 10.2. The molecule has 0 fully saturated rings. The maximum atomic E-state index is 12.9. The molecule has 7 heteroatoms. The van der Waals surface area contributed by atoms with Crippen molar-refractivity contribution < 1.29 is 14.0 Å². The zero-order chi connectivity index (χ0) is 19.9. The molecule has 0 aliphatic heterocycles. The van der Waals surface area contributed by atoms with Crippen LogP contribution in [0.1, 0.15) is 22.8 Å². The third-order valence-corrected chi connectivity index (χ3v) is 3.85. The van der Waals surface area contributed by atoms with Gasteiger partial charge in [0.05, 0.1) is 5.56 Å². The monoisotopic (exact) mass is 378 g/mol. The number of carbonyl (C=O) groups excluding carboxylic acids is 2. The van der Waals surface area contributed by atoms with E-state index >= 15 is 0 Å². The summed E-state index contributed by atoms with van der Waals surface area (Å²) in [6.07, 6.45) is 1.47. The van der Waals surface area contributed by atoms with Gasteiger partial charge in [-0.2, -0.15) is 0 Å². The van der Waals surface area contributed by atoms with E-state index < -0.39 is 0 Å². The van der Waals surface area contributed by atoms with Gasteiger partial charge in [-0.25, -0.2) is 9.37 Å². The smallest absolute Gasteiger partial charge is 0.257 e. The minimum atomic E-state index is -0.308. The number of aromatic nitrogens is 1. The van der Waals surface area contributed by atoms with E-state index in [2.05, 4.69) is 20.9 Å². The molecule has 0 saturated heterocycles. The zero-order valence-corrected chi connectivity index (χ0v) is 15.2. The predicted molar refractivity (Wildman–Crippen MR) is 107 cm³/mol. The van der Waals surface area contributed by atoms with Crippen LogP contribution >= 0.6 is 0 Å². The van der Waals surface area contributed by atoms with Crippen molar-refractivity contribution in [3.05, 3.63) is 83.8 Å². The largest absolute Gasteiger partial charge is 0.366 e. The summed E-state index contributed by atoms with van der Waals surface area (Å²) in [6.45, 7) is 1.91. The minimum Gasteiger partial charge on any atom is -0.366 e. The number of nitrogens with one attached hydrogen (secondary N) is 3. The fraction of sp³-hybridized carbons (Fsp3) is 0.0952. The number of anilines is 3. The van der Waals surface area contributed by atoms with Crippen LogP contribution in [0.5, 0.6) is 0 Å². The van der Waals surface area contributed by atoms with Crippen molar-refractivity contribution >= 4 is 29.0 Å². The lowest BCUT2D eigenvalue weighted by atomic mass is 10.2. The second-order valence-corrected chi connectivity index (χ2v) is 6.13. The van der Waals surface area contributed by atoms with E-state index in [-0.39, 0.29) is 17.6 Å². The number of rotatable bonds is 6. The van der Waals surface area contributed by atoms with Crippen LogP contribution in [0.25, 0.3) is 0 Å². The Morgan fingerprint density at radius 1 is 0.964 bits per heavy atom. The molecule has 0 atom stereocenters. The van der Waals surface area contributed by atoms with Crippen LogP contribution in [0.15, 0.2) is 66.9 Å². The van der Waals surface area contributed by atoms with Gasteiger partial charge in [-0.05, 0) is 48.0 Å². The lowest BCUT2D eigenvalue weighted by molar-refractivity contribution is -0.114. The number of pyridine rings is 1. The second-order valence-electron chi connectivity index (χ2n) is 6.13. The van der Waals surface area contributed by atoms with Crippen molar-refractivity contribution in [3.8, 4) is 0 Å². The topological polar surface area (TPSA) is 83.1 Å². The van der Waals surface area contributed by atoms with Gasteiger partial charge in [0.1, 0.15) is 11.6 Å². The molecule has 0 spiro atoms. The summed E-state index contributed by atoms with van der Waals surface area (Å²) in [7, 11) is 0. The molecule has 6 nitrogen and oxygen atoms in total. The van der Waals surface area contributed by atoms with Crippen molar-refractivity contribution in [2.24, 2.45) is 0 Å². The van der Waals surface area contributed by atoms with Crippen molar-refractivity contribution in [1.29, 1.82) is 0 Å². The first-order chi connectivity index (χ1) is 13.5. The van der Waals surface area contributed by atoms with Gasteiger partial charge in [0.2, 0.25) is 5.91 Å². The summed E-state index contributed by atoms with van der Waals surface area (Å²) in [4.78, 5) is 27.7. The maximum absolute atomic E-state index is 12.9. The number of halogens is 1. The Balaban J connectivity index is 1.59. The average Bonchev–Trinajstić information content (AvgIpc) is 2.68. The van der Waals surface area contributed by atoms with Crippen LogP contribution < -0.4 is 16.0 Å². The van der Waals surface area contributed by atoms with Gasteiger partial charge in [0, 0.05) is 31.0 Å². The molecule has 0 saturated carbocycles. The third kappa shape index (κ3) is 5.38. The first-order valence-corrected chi connectivity index (χ1v) is 8.63. The Kier molecular flexibility index (Phi) is 5.96. The van der Waals surface area contributed by atoms with Gasteiger partial charge in [0.25, 0.3) is 5.91 Å². The fourth-order valence-corrected chi connectivity index (χ4v) is 2.51. The van der Waals surface area contributed by atoms with Gasteiger partial charge < -0.3 is 16.0 Å². The number of amides is 2. The fourth-order valence-electron chi connectivity index (χ4n) is 2.51. The van der Waals surface area contributed by atoms with Crippen LogP contribution in [0.4, 0.5) is 21.6 Å². The quantitative estimate of drug-likeness (QED) is 0.604. The van der Waals surface area contributed by atoms with E-state index in [9.17, 15) is 14.0 Å². The molecular formula is C21H19FN4O2. The van der Waals surface area contributed by atoms with Gasteiger partial charge in [-0.1, -0.05) is 18.2 Å². The highest BCUT2D eigenvalue weighted by atomic mass is 19.1. The lowest BCUT2D eigenvalue weighted by Gasteiger charge is -2.09. The summed E-state index contributed by atoms with van der Waals surface area (Å²) in [5, 5.41) is 8.55. The molecule has 2 aromatic carbocycles. The molecule has 2 amide bonds. The number of benzene rings is 2.